The second kappa shape index (κ2) is 13.6. The largest absolute Gasteiger partial charge is 0.493 e. The van der Waals surface area contributed by atoms with E-state index in [9.17, 15) is 22.4 Å². The van der Waals surface area contributed by atoms with Crippen LogP contribution in [-0.2, 0) is 21.2 Å². The Hall–Kier alpha value is -4.90. The Morgan fingerprint density at radius 1 is 0.833 bits per heavy atom. The van der Waals surface area contributed by atoms with Gasteiger partial charge in [0.25, 0.3) is 15.9 Å². The van der Waals surface area contributed by atoms with Gasteiger partial charge >= 0.3 is 0 Å². The Morgan fingerprint density at radius 3 is 2.19 bits per heavy atom. The molecular formula is C31H30FN3O6S. The molecule has 4 aromatic rings. The summed E-state index contributed by atoms with van der Waals surface area (Å²) in [7, 11) is -1.55. The summed E-state index contributed by atoms with van der Waals surface area (Å²) in [5, 5.41) is 5.50. The summed E-state index contributed by atoms with van der Waals surface area (Å²) < 4.78 is 52.5. The van der Waals surface area contributed by atoms with E-state index >= 15 is 0 Å². The van der Waals surface area contributed by atoms with Crippen LogP contribution < -0.4 is 24.4 Å². The lowest BCUT2D eigenvalue weighted by molar-refractivity contribution is -0.114. The minimum atomic E-state index is -4.34. The van der Waals surface area contributed by atoms with Crippen LogP contribution in [0.3, 0.4) is 0 Å². The number of ether oxygens (including phenoxy) is 2. The van der Waals surface area contributed by atoms with Crippen LogP contribution >= 0.6 is 0 Å². The number of hydrogen-bond acceptors (Lipinski definition) is 6. The van der Waals surface area contributed by atoms with Gasteiger partial charge in [-0.3, -0.25) is 13.9 Å². The average molecular weight is 592 g/mol. The van der Waals surface area contributed by atoms with E-state index in [1.165, 1.54) is 44.6 Å². The summed E-state index contributed by atoms with van der Waals surface area (Å²) in [6, 6.07) is 24.8. The minimum Gasteiger partial charge on any atom is -0.493 e. The third kappa shape index (κ3) is 7.24. The fourth-order valence-electron chi connectivity index (χ4n) is 4.20. The second-order valence-corrected chi connectivity index (χ2v) is 11.0. The predicted molar refractivity (Wildman–Crippen MR) is 158 cm³/mol. The van der Waals surface area contributed by atoms with Gasteiger partial charge in [-0.05, 0) is 60.5 Å². The third-order valence-corrected chi connectivity index (χ3v) is 8.10. The van der Waals surface area contributed by atoms with E-state index < -0.39 is 34.2 Å². The molecule has 0 aliphatic rings. The first kappa shape index (κ1) is 30.1. The molecule has 218 valence electrons. The van der Waals surface area contributed by atoms with Crippen LogP contribution in [0, 0.1) is 5.82 Å². The molecule has 0 aromatic heterocycles. The van der Waals surface area contributed by atoms with Gasteiger partial charge in [-0.15, -0.1) is 0 Å². The first-order valence-corrected chi connectivity index (χ1v) is 14.4. The summed E-state index contributed by atoms with van der Waals surface area (Å²) in [6.45, 7) is -0.278. The van der Waals surface area contributed by atoms with Crippen molar-refractivity contribution in [3.63, 3.8) is 0 Å². The van der Waals surface area contributed by atoms with Gasteiger partial charge in [0.05, 0.1) is 36.1 Å². The van der Waals surface area contributed by atoms with E-state index in [0.717, 1.165) is 22.0 Å². The molecule has 0 aliphatic carbocycles. The van der Waals surface area contributed by atoms with Crippen molar-refractivity contribution in [2.75, 3.05) is 36.9 Å². The molecule has 0 spiro atoms. The molecule has 0 atom stereocenters. The molecule has 2 amide bonds. The molecule has 0 radical (unpaired) electrons. The summed E-state index contributed by atoms with van der Waals surface area (Å²) in [5.41, 5.74) is 1.56. The molecule has 0 fully saturated rings. The van der Waals surface area contributed by atoms with Crippen LogP contribution in [-0.4, -0.2) is 47.5 Å². The van der Waals surface area contributed by atoms with Crippen molar-refractivity contribution in [3.8, 4) is 11.5 Å². The van der Waals surface area contributed by atoms with Crippen LogP contribution in [0.25, 0.3) is 0 Å². The number of sulfonamides is 1. The zero-order valence-electron chi connectivity index (χ0n) is 23.0. The number of nitrogens with one attached hydrogen (secondary N) is 2. The Bertz CT molecular complexity index is 1650. The van der Waals surface area contributed by atoms with Gasteiger partial charge in [0.2, 0.25) is 5.91 Å². The lowest BCUT2D eigenvalue weighted by Gasteiger charge is -2.24. The number of amides is 2. The van der Waals surface area contributed by atoms with Gasteiger partial charge in [0, 0.05) is 12.6 Å². The minimum absolute atomic E-state index is 0.0632. The molecule has 11 heteroatoms. The van der Waals surface area contributed by atoms with Crippen molar-refractivity contribution in [2.24, 2.45) is 0 Å². The lowest BCUT2D eigenvalue weighted by atomic mass is 10.1. The molecule has 42 heavy (non-hydrogen) atoms. The Morgan fingerprint density at radius 2 is 1.50 bits per heavy atom. The molecule has 0 heterocycles. The van der Waals surface area contributed by atoms with E-state index in [1.807, 2.05) is 30.3 Å². The fourth-order valence-corrected chi connectivity index (χ4v) is 5.63. The fraction of sp³-hybridized carbons (Fsp3) is 0.161. The maximum absolute atomic E-state index is 13.8. The Balaban J connectivity index is 1.56. The molecule has 9 nitrogen and oxygen atoms in total. The zero-order chi connectivity index (χ0) is 30.1. The summed E-state index contributed by atoms with van der Waals surface area (Å²) >= 11 is 0. The standard InChI is InChI=1S/C31H30FN3O6S/c1-40-28-17-16-25(20-29(28)41-2)42(38,39)35(24-14-12-23(32)13-15-24)21-30(36)34-27-11-7-6-10-26(27)31(37)33-19-18-22-8-4-3-5-9-22/h3-17,20H,18-19,21H2,1-2H3,(H,33,37)(H,34,36). The van der Waals surface area contributed by atoms with Crippen molar-refractivity contribution in [1.82, 2.24) is 5.32 Å². The Labute approximate surface area is 243 Å². The number of nitrogens with zero attached hydrogens (tertiary/aromatic N) is 1. The topological polar surface area (TPSA) is 114 Å². The highest BCUT2D eigenvalue weighted by molar-refractivity contribution is 7.92. The number of anilines is 2. The number of halogens is 1. The van der Waals surface area contributed by atoms with E-state index in [-0.39, 0.29) is 27.6 Å². The van der Waals surface area contributed by atoms with E-state index in [2.05, 4.69) is 10.6 Å². The lowest BCUT2D eigenvalue weighted by Crippen LogP contribution is -2.38. The number of carbonyl (C=O) groups is 2. The van der Waals surface area contributed by atoms with Crippen molar-refractivity contribution < 1.29 is 31.9 Å². The monoisotopic (exact) mass is 591 g/mol. The summed E-state index contributed by atoms with van der Waals surface area (Å²) in [4.78, 5) is 26.0. The number of rotatable bonds is 12. The summed E-state index contributed by atoms with van der Waals surface area (Å²) in [6.07, 6.45) is 0.627. The van der Waals surface area contributed by atoms with Gasteiger partial charge in [-0.25, -0.2) is 12.8 Å². The van der Waals surface area contributed by atoms with Crippen molar-refractivity contribution in [2.45, 2.75) is 11.3 Å². The number of hydrogen-bond donors (Lipinski definition) is 2. The number of benzene rings is 4. The van der Waals surface area contributed by atoms with Gasteiger partial charge in [-0.2, -0.15) is 0 Å². The molecular weight excluding hydrogens is 561 g/mol. The van der Waals surface area contributed by atoms with Crippen molar-refractivity contribution >= 4 is 33.2 Å². The highest BCUT2D eigenvalue weighted by Gasteiger charge is 2.29. The van der Waals surface area contributed by atoms with E-state index in [4.69, 9.17) is 9.47 Å². The first-order valence-electron chi connectivity index (χ1n) is 12.9. The zero-order valence-corrected chi connectivity index (χ0v) is 23.9. The maximum Gasteiger partial charge on any atom is 0.264 e. The van der Waals surface area contributed by atoms with Crippen LogP contribution in [0.5, 0.6) is 11.5 Å². The van der Waals surface area contributed by atoms with Crippen LogP contribution in [0.4, 0.5) is 15.8 Å². The molecule has 0 aliphatic heterocycles. The molecule has 0 saturated heterocycles. The molecule has 4 rings (SSSR count). The van der Waals surface area contributed by atoms with Crippen molar-refractivity contribution in [3.05, 3.63) is 114 Å². The molecule has 4 aromatic carbocycles. The van der Waals surface area contributed by atoms with E-state index in [1.54, 1.807) is 24.3 Å². The van der Waals surface area contributed by atoms with Gasteiger partial charge in [0.1, 0.15) is 12.4 Å². The predicted octanol–water partition coefficient (Wildman–Crippen LogP) is 4.65. The molecule has 0 saturated carbocycles. The number of para-hydroxylation sites is 1. The molecule has 0 unspecified atom stereocenters. The number of carbonyl (C=O) groups excluding carboxylic acids is 2. The van der Waals surface area contributed by atoms with Crippen LogP contribution in [0.2, 0.25) is 0 Å². The van der Waals surface area contributed by atoms with Crippen LogP contribution in [0.15, 0.2) is 102 Å². The summed E-state index contributed by atoms with van der Waals surface area (Å²) in [5.74, 6) is -1.18. The Kier molecular flexibility index (Phi) is 9.77. The SMILES string of the molecule is COc1ccc(S(=O)(=O)N(CC(=O)Nc2ccccc2C(=O)NCCc2ccccc2)c2ccc(F)cc2)cc1OC. The van der Waals surface area contributed by atoms with Crippen molar-refractivity contribution in [1.29, 1.82) is 0 Å². The highest BCUT2D eigenvalue weighted by Crippen LogP contribution is 2.32. The normalized spacial score (nSPS) is 10.9. The van der Waals surface area contributed by atoms with Gasteiger partial charge in [-0.1, -0.05) is 42.5 Å². The van der Waals surface area contributed by atoms with E-state index in [0.29, 0.717) is 18.7 Å². The van der Waals surface area contributed by atoms with Crippen LogP contribution in [0.1, 0.15) is 15.9 Å². The van der Waals surface area contributed by atoms with Gasteiger partial charge in [0.15, 0.2) is 11.5 Å². The number of methoxy groups -OCH3 is 2. The highest BCUT2D eigenvalue weighted by atomic mass is 32.2. The second-order valence-electron chi connectivity index (χ2n) is 9.09. The molecule has 2 N–H and O–H groups in total. The quantitative estimate of drug-likeness (QED) is 0.248. The molecule has 0 bridgehead atoms. The first-order chi connectivity index (χ1) is 20.2. The smallest absolute Gasteiger partial charge is 0.264 e. The maximum atomic E-state index is 13.8. The van der Waals surface area contributed by atoms with Gasteiger partial charge < -0.3 is 20.1 Å². The average Bonchev–Trinajstić information content (AvgIpc) is 3.00. The third-order valence-electron chi connectivity index (χ3n) is 6.33.